The molecular formula is C12H12FN3O2S. The summed E-state index contributed by atoms with van der Waals surface area (Å²) in [5.74, 6) is -1.43. The molecular weight excluding hydrogens is 269 g/mol. The molecule has 1 aromatic heterocycles. The first-order chi connectivity index (χ1) is 8.90. The van der Waals surface area contributed by atoms with Gasteiger partial charge >= 0.3 is 0 Å². The third-order valence-corrected chi connectivity index (χ3v) is 3.80. The fourth-order valence-corrected chi connectivity index (χ4v) is 2.82. The standard InChI is InChI=1S/C12H12FN3O2S/c1-16(5-9(14)17)12(18)11-10(15)7-4-6(13)2-3-8(7)19-11/h2-4H,5,15H2,1H3,(H2,14,17). The molecule has 1 aromatic carbocycles. The van der Waals surface area contributed by atoms with Crippen molar-refractivity contribution in [2.24, 2.45) is 5.73 Å². The number of likely N-dealkylation sites (N-methyl/N-ethyl adjacent to an activating group) is 1. The maximum absolute atomic E-state index is 13.2. The lowest BCUT2D eigenvalue weighted by molar-refractivity contribution is -0.118. The third-order valence-electron chi connectivity index (χ3n) is 2.62. The van der Waals surface area contributed by atoms with Crippen LogP contribution in [0.2, 0.25) is 0 Å². The number of carbonyl (C=O) groups excluding carboxylic acids is 2. The number of amides is 2. The lowest BCUT2D eigenvalue weighted by Gasteiger charge is -2.14. The number of primary amides is 1. The highest BCUT2D eigenvalue weighted by Gasteiger charge is 2.20. The van der Waals surface area contributed by atoms with Crippen LogP contribution in [-0.2, 0) is 4.79 Å². The summed E-state index contributed by atoms with van der Waals surface area (Å²) < 4.78 is 13.9. The van der Waals surface area contributed by atoms with Gasteiger partial charge in [0, 0.05) is 17.1 Å². The highest BCUT2D eigenvalue weighted by molar-refractivity contribution is 7.21. The summed E-state index contributed by atoms with van der Waals surface area (Å²) in [6.07, 6.45) is 0. The number of hydrogen-bond acceptors (Lipinski definition) is 4. The van der Waals surface area contributed by atoms with E-state index in [1.165, 1.54) is 24.1 Å². The Morgan fingerprint density at radius 2 is 2.11 bits per heavy atom. The van der Waals surface area contributed by atoms with Gasteiger partial charge in [-0.15, -0.1) is 11.3 Å². The first-order valence-electron chi connectivity index (χ1n) is 5.41. The summed E-state index contributed by atoms with van der Waals surface area (Å²) in [6, 6.07) is 4.16. The topological polar surface area (TPSA) is 89.4 Å². The minimum absolute atomic E-state index is 0.194. The minimum atomic E-state index is -0.610. The Kier molecular flexibility index (Phi) is 3.39. The van der Waals surface area contributed by atoms with Gasteiger partial charge in [0.1, 0.15) is 10.7 Å². The van der Waals surface area contributed by atoms with Crippen LogP contribution in [0, 0.1) is 5.82 Å². The van der Waals surface area contributed by atoms with Crippen molar-refractivity contribution in [3.8, 4) is 0 Å². The summed E-state index contributed by atoms with van der Waals surface area (Å²) in [5.41, 5.74) is 11.1. The van der Waals surface area contributed by atoms with Gasteiger partial charge in [-0.25, -0.2) is 4.39 Å². The molecule has 0 saturated carbocycles. The van der Waals surface area contributed by atoms with E-state index in [1.54, 1.807) is 6.07 Å². The molecule has 2 aromatic rings. The van der Waals surface area contributed by atoms with Gasteiger partial charge < -0.3 is 16.4 Å². The van der Waals surface area contributed by atoms with Crippen molar-refractivity contribution >= 4 is 38.9 Å². The highest BCUT2D eigenvalue weighted by atomic mass is 32.1. The molecule has 100 valence electrons. The quantitative estimate of drug-likeness (QED) is 0.885. The number of nitrogens with two attached hydrogens (primary N) is 2. The maximum Gasteiger partial charge on any atom is 0.266 e. The average molecular weight is 281 g/mol. The monoisotopic (exact) mass is 281 g/mol. The second kappa shape index (κ2) is 4.85. The number of hydrogen-bond donors (Lipinski definition) is 2. The first kappa shape index (κ1) is 13.3. The first-order valence-corrected chi connectivity index (χ1v) is 6.23. The van der Waals surface area contributed by atoms with E-state index >= 15 is 0 Å². The van der Waals surface area contributed by atoms with Gasteiger partial charge in [0.2, 0.25) is 5.91 Å². The number of carbonyl (C=O) groups is 2. The van der Waals surface area contributed by atoms with Crippen LogP contribution in [-0.4, -0.2) is 30.3 Å². The number of anilines is 1. The number of benzene rings is 1. The Labute approximate surface area is 112 Å². The van der Waals surface area contributed by atoms with E-state index in [0.29, 0.717) is 5.39 Å². The second-order valence-electron chi connectivity index (χ2n) is 4.11. The van der Waals surface area contributed by atoms with Gasteiger partial charge in [0.15, 0.2) is 0 Å². The molecule has 7 heteroatoms. The number of thiophene rings is 1. The summed E-state index contributed by atoms with van der Waals surface area (Å²) in [6.45, 7) is -0.194. The van der Waals surface area contributed by atoms with E-state index in [-0.39, 0.29) is 17.1 Å². The molecule has 0 spiro atoms. The Balaban J connectivity index is 2.42. The SMILES string of the molecule is CN(CC(N)=O)C(=O)c1sc2ccc(F)cc2c1N. The molecule has 0 radical (unpaired) electrons. The highest BCUT2D eigenvalue weighted by Crippen LogP contribution is 2.34. The van der Waals surface area contributed by atoms with Gasteiger partial charge in [-0.2, -0.15) is 0 Å². The average Bonchev–Trinajstić information content (AvgIpc) is 2.65. The van der Waals surface area contributed by atoms with Crippen molar-refractivity contribution in [1.29, 1.82) is 0 Å². The molecule has 2 rings (SSSR count). The fourth-order valence-electron chi connectivity index (χ4n) is 1.73. The van der Waals surface area contributed by atoms with Crippen molar-refractivity contribution in [2.75, 3.05) is 19.3 Å². The predicted octanol–water partition coefficient (Wildman–Crippen LogP) is 1.18. The number of nitrogen functional groups attached to an aromatic ring is 1. The molecule has 1 heterocycles. The zero-order chi connectivity index (χ0) is 14.2. The molecule has 5 nitrogen and oxygen atoms in total. The lowest BCUT2D eigenvalue weighted by Crippen LogP contribution is -2.35. The molecule has 0 fully saturated rings. The van der Waals surface area contributed by atoms with E-state index in [9.17, 15) is 14.0 Å². The van der Waals surface area contributed by atoms with Crippen LogP contribution in [0.25, 0.3) is 10.1 Å². The van der Waals surface area contributed by atoms with E-state index in [1.807, 2.05) is 0 Å². The summed E-state index contributed by atoms with van der Waals surface area (Å²) in [7, 11) is 1.46. The van der Waals surface area contributed by atoms with Crippen LogP contribution < -0.4 is 11.5 Å². The largest absolute Gasteiger partial charge is 0.397 e. The van der Waals surface area contributed by atoms with E-state index in [2.05, 4.69) is 0 Å². The van der Waals surface area contributed by atoms with Crippen molar-refractivity contribution < 1.29 is 14.0 Å². The van der Waals surface area contributed by atoms with Gasteiger partial charge in [-0.1, -0.05) is 0 Å². The van der Waals surface area contributed by atoms with Gasteiger partial charge in [0.25, 0.3) is 5.91 Å². The minimum Gasteiger partial charge on any atom is -0.397 e. The van der Waals surface area contributed by atoms with Gasteiger partial charge in [-0.3, -0.25) is 9.59 Å². The molecule has 0 unspecified atom stereocenters. The summed E-state index contributed by atoms with van der Waals surface area (Å²) in [4.78, 5) is 24.4. The smallest absolute Gasteiger partial charge is 0.266 e. The number of rotatable bonds is 3. The van der Waals surface area contributed by atoms with Crippen LogP contribution in [0.15, 0.2) is 18.2 Å². The third kappa shape index (κ3) is 2.50. The van der Waals surface area contributed by atoms with Crippen LogP contribution in [0.4, 0.5) is 10.1 Å². The molecule has 0 atom stereocenters. The van der Waals surface area contributed by atoms with E-state index in [4.69, 9.17) is 11.5 Å². The number of halogens is 1. The normalized spacial score (nSPS) is 10.6. The zero-order valence-corrected chi connectivity index (χ0v) is 11.0. The van der Waals surface area contributed by atoms with E-state index in [0.717, 1.165) is 16.0 Å². The van der Waals surface area contributed by atoms with Crippen molar-refractivity contribution in [3.63, 3.8) is 0 Å². The van der Waals surface area contributed by atoms with E-state index < -0.39 is 17.6 Å². The zero-order valence-electron chi connectivity index (χ0n) is 10.1. The molecule has 4 N–H and O–H groups in total. The summed E-state index contributed by atoms with van der Waals surface area (Å²) in [5, 5.41) is 0.501. The van der Waals surface area contributed by atoms with Crippen molar-refractivity contribution in [3.05, 3.63) is 28.9 Å². The van der Waals surface area contributed by atoms with Crippen LogP contribution in [0.5, 0.6) is 0 Å². The van der Waals surface area contributed by atoms with Crippen LogP contribution >= 0.6 is 11.3 Å². The van der Waals surface area contributed by atoms with Crippen molar-refractivity contribution in [1.82, 2.24) is 4.90 Å². The Morgan fingerprint density at radius 1 is 1.42 bits per heavy atom. The Morgan fingerprint density at radius 3 is 2.74 bits per heavy atom. The van der Waals surface area contributed by atoms with Gasteiger partial charge in [-0.05, 0) is 18.2 Å². The maximum atomic E-state index is 13.2. The Hall–Kier alpha value is -2.15. The number of fused-ring (bicyclic) bond motifs is 1. The predicted molar refractivity (Wildman–Crippen MR) is 72.4 cm³/mol. The van der Waals surface area contributed by atoms with Crippen molar-refractivity contribution in [2.45, 2.75) is 0 Å². The number of nitrogens with zero attached hydrogens (tertiary/aromatic N) is 1. The Bertz CT molecular complexity index is 668. The fraction of sp³-hybridized carbons (Fsp3) is 0.167. The molecule has 0 aliphatic heterocycles. The second-order valence-corrected chi connectivity index (χ2v) is 5.17. The molecule has 2 amide bonds. The van der Waals surface area contributed by atoms with Gasteiger partial charge in [0.05, 0.1) is 12.2 Å². The molecule has 0 aliphatic carbocycles. The van der Waals surface area contributed by atoms with Crippen LogP contribution in [0.3, 0.4) is 0 Å². The molecule has 0 bridgehead atoms. The van der Waals surface area contributed by atoms with Crippen LogP contribution in [0.1, 0.15) is 9.67 Å². The molecule has 0 saturated heterocycles. The lowest BCUT2D eigenvalue weighted by atomic mass is 10.2. The molecule has 19 heavy (non-hydrogen) atoms. The summed E-state index contributed by atoms with van der Waals surface area (Å²) >= 11 is 1.16. The molecule has 0 aliphatic rings.